The summed E-state index contributed by atoms with van der Waals surface area (Å²) in [6.07, 6.45) is 1.72. The second-order valence-corrected chi connectivity index (χ2v) is 5.97. The van der Waals surface area contributed by atoms with Crippen molar-refractivity contribution in [3.63, 3.8) is 0 Å². The van der Waals surface area contributed by atoms with Crippen LogP contribution < -0.4 is 14.8 Å². The Morgan fingerprint density at radius 2 is 2.00 bits per heavy atom. The molecule has 0 aliphatic heterocycles. The van der Waals surface area contributed by atoms with E-state index in [1.54, 1.807) is 25.4 Å². The summed E-state index contributed by atoms with van der Waals surface area (Å²) in [7, 11) is 1.59. The normalized spacial score (nSPS) is 11.8. The molecule has 1 atom stereocenters. The summed E-state index contributed by atoms with van der Waals surface area (Å²) in [6.45, 7) is 4.86. The van der Waals surface area contributed by atoms with E-state index in [0.717, 1.165) is 12.2 Å². The quantitative estimate of drug-likeness (QED) is 0.657. The number of methoxy groups -OCH3 is 1. The van der Waals surface area contributed by atoms with Crippen molar-refractivity contribution in [1.82, 2.24) is 15.1 Å². The minimum atomic E-state index is -0.283. The van der Waals surface area contributed by atoms with Gasteiger partial charge in [0.25, 0.3) is 5.91 Å². The molecule has 7 heteroatoms. The summed E-state index contributed by atoms with van der Waals surface area (Å²) < 4.78 is 18.4. The third-order valence-corrected chi connectivity index (χ3v) is 4.16. The summed E-state index contributed by atoms with van der Waals surface area (Å²) in [5.41, 5.74) is 0.942. The van der Waals surface area contributed by atoms with Crippen LogP contribution in [-0.2, 0) is 13.2 Å². The highest BCUT2D eigenvalue weighted by Crippen LogP contribution is 2.26. The van der Waals surface area contributed by atoms with Gasteiger partial charge in [-0.05, 0) is 44.2 Å². The zero-order valence-electron chi connectivity index (χ0n) is 15.6. The Morgan fingerprint density at radius 1 is 1.22 bits per heavy atom. The number of furan rings is 1. The van der Waals surface area contributed by atoms with Gasteiger partial charge in [-0.15, -0.1) is 0 Å². The number of ether oxygens (including phenoxy) is 2. The molecule has 0 fully saturated rings. The van der Waals surface area contributed by atoms with Gasteiger partial charge in [-0.2, -0.15) is 5.10 Å². The number of carbonyl (C=O) groups is 1. The molecule has 2 aromatic heterocycles. The molecule has 1 aromatic carbocycles. The molecule has 3 rings (SSSR count). The molecule has 3 aromatic rings. The standard InChI is InChI=1S/C20H23N3O4/c1-4-23-16(11-12-21-23)14(2)22-20(24)19-10-9-15(27-19)13-26-18-8-6-5-7-17(18)25-3/h5-12,14H,4,13H2,1-3H3,(H,22,24). The highest BCUT2D eigenvalue weighted by atomic mass is 16.5. The SMILES string of the molecule is CCn1nccc1C(C)NC(=O)c1ccc(COc2ccccc2OC)o1. The molecule has 0 bridgehead atoms. The van der Waals surface area contributed by atoms with E-state index in [4.69, 9.17) is 13.9 Å². The van der Waals surface area contributed by atoms with Crippen LogP contribution in [0.2, 0.25) is 0 Å². The van der Waals surface area contributed by atoms with Crippen molar-refractivity contribution < 1.29 is 18.7 Å². The van der Waals surface area contributed by atoms with Gasteiger partial charge < -0.3 is 19.2 Å². The molecular weight excluding hydrogens is 346 g/mol. The Balaban J connectivity index is 1.60. The van der Waals surface area contributed by atoms with Crippen molar-refractivity contribution in [3.8, 4) is 11.5 Å². The Kier molecular flexibility index (Phi) is 5.80. The van der Waals surface area contributed by atoms with Crippen LogP contribution in [0, 0.1) is 0 Å². The van der Waals surface area contributed by atoms with Crippen molar-refractivity contribution in [1.29, 1.82) is 0 Å². The van der Waals surface area contributed by atoms with Crippen LogP contribution in [0.25, 0.3) is 0 Å². The first-order valence-electron chi connectivity index (χ1n) is 8.79. The third-order valence-electron chi connectivity index (χ3n) is 4.16. The Labute approximate surface area is 157 Å². The number of hydrogen-bond acceptors (Lipinski definition) is 5. The number of aryl methyl sites for hydroxylation is 1. The first-order chi connectivity index (χ1) is 13.1. The third kappa shape index (κ3) is 4.31. The van der Waals surface area contributed by atoms with E-state index in [-0.39, 0.29) is 24.3 Å². The van der Waals surface area contributed by atoms with E-state index in [2.05, 4.69) is 10.4 Å². The number of nitrogens with one attached hydrogen (secondary N) is 1. The van der Waals surface area contributed by atoms with Gasteiger partial charge in [-0.3, -0.25) is 9.48 Å². The number of amides is 1. The van der Waals surface area contributed by atoms with Crippen molar-refractivity contribution in [2.45, 2.75) is 33.0 Å². The molecule has 0 saturated heterocycles. The lowest BCUT2D eigenvalue weighted by Crippen LogP contribution is -2.28. The zero-order valence-corrected chi connectivity index (χ0v) is 15.6. The molecule has 0 aliphatic carbocycles. The maximum atomic E-state index is 12.4. The molecule has 0 saturated carbocycles. The number of carbonyl (C=O) groups excluding carboxylic acids is 1. The van der Waals surface area contributed by atoms with Gasteiger partial charge in [0.15, 0.2) is 17.3 Å². The fourth-order valence-corrected chi connectivity index (χ4v) is 2.78. The van der Waals surface area contributed by atoms with E-state index in [1.165, 1.54) is 0 Å². The second kappa shape index (κ2) is 8.44. The number of nitrogens with zero attached hydrogens (tertiary/aromatic N) is 2. The lowest BCUT2D eigenvalue weighted by atomic mass is 10.2. The van der Waals surface area contributed by atoms with Gasteiger partial charge in [0.1, 0.15) is 12.4 Å². The summed E-state index contributed by atoms with van der Waals surface area (Å²) >= 11 is 0. The number of rotatable bonds is 8. The smallest absolute Gasteiger partial charge is 0.287 e. The lowest BCUT2D eigenvalue weighted by Gasteiger charge is -2.14. The zero-order chi connectivity index (χ0) is 19.2. The van der Waals surface area contributed by atoms with Crippen LogP contribution in [0.4, 0.5) is 0 Å². The van der Waals surface area contributed by atoms with E-state index in [9.17, 15) is 4.79 Å². The molecular formula is C20H23N3O4. The van der Waals surface area contributed by atoms with Gasteiger partial charge in [0.2, 0.25) is 0 Å². The van der Waals surface area contributed by atoms with Crippen LogP contribution in [0.15, 0.2) is 53.1 Å². The van der Waals surface area contributed by atoms with Crippen molar-refractivity contribution in [2.24, 2.45) is 0 Å². The van der Waals surface area contributed by atoms with E-state index in [1.807, 2.05) is 48.9 Å². The van der Waals surface area contributed by atoms with Gasteiger partial charge in [-0.25, -0.2) is 0 Å². The van der Waals surface area contributed by atoms with Crippen LogP contribution in [0.3, 0.4) is 0 Å². The summed E-state index contributed by atoms with van der Waals surface area (Å²) in [5, 5.41) is 7.15. The van der Waals surface area contributed by atoms with Gasteiger partial charge in [0, 0.05) is 12.7 Å². The van der Waals surface area contributed by atoms with Crippen LogP contribution in [-0.4, -0.2) is 22.8 Å². The van der Waals surface area contributed by atoms with E-state index < -0.39 is 0 Å². The van der Waals surface area contributed by atoms with Crippen LogP contribution in [0.5, 0.6) is 11.5 Å². The number of benzene rings is 1. The highest BCUT2D eigenvalue weighted by molar-refractivity contribution is 5.91. The monoisotopic (exact) mass is 369 g/mol. The maximum absolute atomic E-state index is 12.4. The van der Waals surface area contributed by atoms with Crippen molar-refractivity contribution >= 4 is 5.91 Å². The molecule has 0 radical (unpaired) electrons. The molecule has 142 valence electrons. The fourth-order valence-electron chi connectivity index (χ4n) is 2.78. The number of para-hydroxylation sites is 2. The first kappa shape index (κ1) is 18.6. The lowest BCUT2D eigenvalue weighted by molar-refractivity contribution is 0.0906. The average Bonchev–Trinajstić information content (AvgIpc) is 3.35. The predicted molar refractivity (Wildman–Crippen MR) is 99.8 cm³/mol. The summed E-state index contributed by atoms with van der Waals surface area (Å²) in [4.78, 5) is 12.4. The molecule has 0 aliphatic rings. The van der Waals surface area contributed by atoms with Crippen molar-refractivity contribution in [2.75, 3.05) is 7.11 Å². The highest BCUT2D eigenvalue weighted by Gasteiger charge is 2.17. The molecule has 1 amide bonds. The first-order valence-corrected chi connectivity index (χ1v) is 8.79. The van der Waals surface area contributed by atoms with Gasteiger partial charge >= 0.3 is 0 Å². The number of hydrogen-bond donors (Lipinski definition) is 1. The average molecular weight is 369 g/mol. The van der Waals surface area contributed by atoms with Crippen LogP contribution >= 0.6 is 0 Å². The Bertz CT molecular complexity index is 900. The molecule has 1 N–H and O–H groups in total. The second-order valence-electron chi connectivity index (χ2n) is 5.97. The molecule has 2 heterocycles. The molecule has 7 nitrogen and oxygen atoms in total. The molecule has 0 spiro atoms. The van der Waals surface area contributed by atoms with E-state index in [0.29, 0.717) is 17.3 Å². The summed E-state index contributed by atoms with van der Waals surface area (Å²) in [5.74, 6) is 1.77. The van der Waals surface area contributed by atoms with Crippen LogP contribution in [0.1, 0.15) is 41.9 Å². The number of aromatic nitrogens is 2. The molecule has 27 heavy (non-hydrogen) atoms. The van der Waals surface area contributed by atoms with Gasteiger partial charge in [0.05, 0.1) is 18.8 Å². The topological polar surface area (TPSA) is 78.5 Å². The fraction of sp³-hybridized carbons (Fsp3) is 0.300. The maximum Gasteiger partial charge on any atom is 0.287 e. The summed E-state index contributed by atoms with van der Waals surface area (Å²) in [6, 6.07) is 12.4. The van der Waals surface area contributed by atoms with Crippen molar-refractivity contribution in [3.05, 3.63) is 65.9 Å². The van der Waals surface area contributed by atoms with Gasteiger partial charge in [-0.1, -0.05) is 12.1 Å². The molecule has 1 unspecified atom stereocenters. The Morgan fingerprint density at radius 3 is 2.74 bits per heavy atom. The Hall–Kier alpha value is -3.22. The largest absolute Gasteiger partial charge is 0.493 e. The predicted octanol–water partition coefficient (Wildman–Crippen LogP) is 3.57. The van der Waals surface area contributed by atoms with E-state index >= 15 is 0 Å². The minimum absolute atomic E-state index is 0.182. The minimum Gasteiger partial charge on any atom is -0.493 e.